The monoisotopic (exact) mass is 338 g/mol. The number of hydrogen-bond donors (Lipinski definition) is 2. The lowest BCUT2D eigenvalue weighted by molar-refractivity contribution is -0.115. The summed E-state index contributed by atoms with van der Waals surface area (Å²) >= 11 is 11.8. The Morgan fingerprint density at radius 1 is 1.14 bits per heavy atom. The van der Waals surface area contributed by atoms with Gasteiger partial charge in [0.1, 0.15) is 5.75 Å². The van der Waals surface area contributed by atoms with Gasteiger partial charge in [-0.25, -0.2) is 0 Å². The third-order valence-corrected chi connectivity index (χ3v) is 3.53. The molecule has 0 radical (unpaired) electrons. The minimum atomic E-state index is -0.133. The van der Waals surface area contributed by atoms with Crippen LogP contribution in [0.5, 0.6) is 5.75 Å². The molecule has 2 aromatic carbocycles. The second kappa shape index (κ2) is 7.92. The van der Waals surface area contributed by atoms with E-state index < -0.39 is 0 Å². The number of hydrogen-bond acceptors (Lipinski definition) is 3. The fourth-order valence-corrected chi connectivity index (χ4v) is 2.36. The van der Waals surface area contributed by atoms with Crippen LogP contribution in [0.25, 0.3) is 0 Å². The summed E-state index contributed by atoms with van der Waals surface area (Å²) in [7, 11) is 1.61. The Bertz CT molecular complexity index is 662. The zero-order valence-electron chi connectivity index (χ0n) is 12.0. The van der Waals surface area contributed by atoms with Crippen LogP contribution < -0.4 is 15.4 Å². The van der Waals surface area contributed by atoms with Crippen molar-refractivity contribution in [1.29, 1.82) is 0 Å². The van der Waals surface area contributed by atoms with Crippen LogP contribution in [0.15, 0.2) is 42.5 Å². The van der Waals surface area contributed by atoms with E-state index in [9.17, 15) is 4.79 Å². The highest BCUT2D eigenvalue weighted by Crippen LogP contribution is 2.25. The van der Waals surface area contributed by atoms with Gasteiger partial charge in [0.25, 0.3) is 0 Å². The highest BCUT2D eigenvalue weighted by Gasteiger charge is 2.07. The van der Waals surface area contributed by atoms with Gasteiger partial charge in [0.05, 0.1) is 23.5 Å². The van der Waals surface area contributed by atoms with E-state index in [2.05, 4.69) is 10.6 Å². The lowest BCUT2D eigenvalue weighted by Crippen LogP contribution is -2.16. The Balaban J connectivity index is 1.85. The topological polar surface area (TPSA) is 50.4 Å². The molecule has 2 aromatic rings. The molecule has 0 aromatic heterocycles. The van der Waals surface area contributed by atoms with E-state index in [4.69, 9.17) is 27.9 Å². The summed E-state index contributed by atoms with van der Waals surface area (Å²) in [4.78, 5) is 11.9. The average molecular weight is 339 g/mol. The molecule has 2 N–H and O–H groups in total. The Kier molecular flexibility index (Phi) is 5.92. The van der Waals surface area contributed by atoms with Crippen LogP contribution in [0.1, 0.15) is 6.42 Å². The van der Waals surface area contributed by atoms with Crippen molar-refractivity contribution in [3.63, 3.8) is 0 Å². The van der Waals surface area contributed by atoms with E-state index in [1.165, 1.54) is 0 Å². The van der Waals surface area contributed by atoms with E-state index in [1.54, 1.807) is 25.3 Å². The summed E-state index contributed by atoms with van der Waals surface area (Å²) in [5, 5.41) is 6.86. The van der Waals surface area contributed by atoms with Gasteiger partial charge in [0, 0.05) is 18.0 Å². The first-order valence-electron chi connectivity index (χ1n) is 6.72. The zero-order chi connectivity index (χ0) is 15.9. The summed E-state index contributed by atoms with van der Waals surface area (Å²) in [6.45, 7) is 0.484. The van der Waals surface area contributed by atoms with E-state index in [0.29, 0.717) is 28.7 Å². The van der Waals surface area contributed by atoms with Gasteiger partial charge in [-0.2, -0.15) is 0 Å². The molecule has 0 fully saturated rings. The first-order valence-corrected chi connectivity index (χ1v) is 7.47. The number of amides is 1. The van der Waals surface area contributed by atoms with Crippen LogP contribution in [-0.4, -0.2) is 19.6 Å². The lowest BCUT2D eigenvalue weighted by Gasteiger charge is -2.11. The van der Waals surface area contributed by atoms with Crippen molar-refractivity contribution in [2.75, 3.05) is 24.3 Å². The minimum absolute atomic E-state index is 0.133. The maximum Gasteiger partial charge on any atom is 0.226 e. The smallest absolute Gasteiger partial charge is 0.226 e. The minimum Gasteiger partial charge on any atom is -0.495 e. The number of nitrogens with one attached hydrogen (secondary N) is 2. The molecule has 116 valence electrons. The largest absolute Gasteiger partial charge is 0.495 e. The molecule has 0 bridgehead atoms. The number of halogens is 2. The molecular formula is C16H16Cl2N2O2. The lowest BCUT2D eigenvalue weighted by atomic mass is 10.2. The van der Waals surface area contributed by atoms with Crippen molar-refractivity contribution in [2.24, 2.45) is 0 Å². The van der Waals surface area contributed by atoms with Crippen molar-refractivity contribution in [1.82, 2.24) is 0 Å². The molecular weight excluding hydrogens is 323 g/mol. The SMILES string of the molecule is COc1ccccc1NCCC(=O)Nc1ccc(Cl)cc1Cl. The Labute approximate surface area is 139 Å². The molecule has 0 aliphatic carbocycles. The first-order chi connectivity index (χ1) is 10.6. The van der Waals surface area contributed by atoms with E-state index >= 15 is 0 Å². The van der Waals surface area contributed by atoms with Gasteiger partial charge >= 0.3 is 0 Å². The normalized spacial score (nSPS) is 10.1. The Morgan fingerprint density at radius 3 is 2.64 bits per heavy atom. The molecule has 22 heavy (non-hydrogen) atoms. The molecule has 0 atom stereocenters. The molecule has 1 amide bonds. The van der Waals surface area contributed by atoms with Gasteiger partial charge in [-0.3, -0.25) is 4.79 Å². The van der Waals surface area contributed by atoms with Crippen molar-refractivity contribution in [3.05, 3.63) is 52.5 Å². The summed E-state index contributed by atoms with van der Waals surface area (Å²) in [6.07, 6.45) is 0.303. The number of para-hydroxylation sites is 2. The average Bonchev–Trinajstić information content (AvgIpc) is 2.50. The predicted octanol–water partition coefficient (Wildman–Crippen LogP) is 4.44. The van der Waals surface area contributed by atoms with Gasteiger partial charge in [0.15, 0.2) is 0 Å². The molecule has 0 aliphatic heterocycles. The van der Waals surface area contributed by atoms with Crippen molar-refractivity contribution < 1.29 is 9.53 Å². The number of anilines is 2. The van der Waals surface area contributed by atoms with Gasteiger partial charge in [-0.05, 0) is 30.3 Å². The third-order valence-electron chi connectivity index (χ3n) is 2.98. The summed E-state index contributed by atoms with van der Waals surface area (Å²) in [5.74, 6) is 0.607. The van der Waals surface area contributed by atoms with E-state index in [-0.39, 0.29) is 5.91 Å². The van der Waals surface area contributed by atoms with Gasteiger partial charge in [-0.1, -0.05) is 35.3 Å². The van der Waals surface area contributed by atoms with Crippen molar-refractivity contribution in [3.8, 4) is 5.75 Å². The van der Waals surface area contributed by atoms with Crippen molar-refractivity contribution >= 4 is 40.5 Å². The van der Waals surface area contributed by atoms with Gasteiger partial charge in [0.2, 0.25) is 5.91 Å². The molecule has 0 aliphatic rings. The molecule has 2 rings (SSSR count). The van der Waals surface area contributed by atoms with E-state index in [1.807, 2.05) is 24.3 Å². The number of methoxy groups -OCH3 is 1. The maximum atomic E-state index is 11.9. The van der Waals surface area contributed by atoms with E-state index in [0.717, 1.165) is 11.4 Å². The number of rotatable bonds is 6. The van der Waals surface area contributed by atoms with Crippen LogP contribution in [0.3, 0.4) is 0 Å². The van der Waals surface area contributed by atoms with Crippen LogP contribution in [-0.2, 0) is 4.79 Å². The third kappa shape index (κ3) is 4.55. The van der Waals surface area contributed by atoms with Crippen LogP contribution in [0.2, 0.25) is 10.0 Å². The number of carbonyl (C=O) groups is 1. The molecule has 0 heterocycles. The quantitative estimate of drug-likeness (QED) is 0.818. The standard InChI is InChI=1S/C16H16Cl2N2O2/c1-22-15-5-3-2-4-14(15)19-9-8-16(21)20-13-7-6-11(17)10-12(13)18/h2-7,10,19H,8-9H2,1H3,(H,20,21). The second-order valence-electron chi connectivity index (χ2n) is 4.55. The molecule has 0 spiro atoms. The second-order valence-corrected chi connectivity index (χ2v) is 5.39. The Morgan fingerprint density at radius 2 is 1.91 bits per heavy atom. The number of ether oxygens (including phenoxy) is 1. The van der Waals surface area contributed by atoms with Crippen LogP contribution >= 0.6 is 23.2 Å². The molecule has 4 nitrogen and oxygen atoms in total. The highest BCUT2D eigenvalue weighted by atomic mass is 35.5. The van der Waals surface area contributed by atoms with Gasteiger partial charge in [-0.15, -0.1) is 0 Å². The molecule has 0 saturated heterocycles. The molecule has 6 heteroatoms. The zero-order valence-corrected chi connectivity index (χ0v) is 13.5. The fraction of sp³-hybridized carbons (Fsp3) is 0.188. The molecule has 0 unspecified atom stereocenters. The number of carbonyl (C=O) groups excluding carboxylic acids is 1. The highest BCUT2D eigenvalue weighted by molar-refractivity contribution is 6.36. The van der Waals surface area contributed by atoms with Crippen molar-refractivity contribution in [2.45, 2.75) is 6.42 Å². The van der Waals surface area contributed by atoms with Gasteiger partial charge < -0.3 is 15.4 Å². The van der Waals surface area contributed by atoms with Crippen LogP contribution in [0, 0.1) is 0 Å². The summed E-state index contributed by atoms with van der Waals surface area (Å²) < 4.78 is 5.23. The molecule has 0 saturated carbocycles. The summed E-state index contributed by atoms with van der Waals surface area (Å²) in [6, 6.07) is 12.5. The van der Waals surface area contributed by atoms with Crippen LogP contribution in [0.4, 0.5) is 11.4 Å². The first kappa shape index (κ1) is 16.5. The fourth-order valence-electron chi connectivity index (χ4n) is 1.90. The maximum absolute atomic E-state index is 11.9. The summed E-state index contributed by atoms with van der Waals surface area (Å²) in [5.41, 5.74) is 1.40. The number of benzene rings is 2. The Hall–Kier alpha value is -1.91. The predicted molar refractivity (Wildman–Crippen MR) is 91.2 cm³/mol.